The Morgan fingerprint density at radius 1 is 1.00 bits per heavy atom. The second-order valence-corrected chi connectivity index (χ2v) is 9.38. The number of imide groups is 1. The molecule has 0 radical (unpaired) electrons. The predicted molar refractivity (Wildman–Crippen MR) is 130 cm³/mol. The zero-order valence-electron chi connectivity index (χ0n) is 19.5. The number of rotatable bonds is 7. The molecule has 0 spiro atoms. The highest BCUT2D eigenvalue weighted by atomic mass is 35.5. The van der Waals surface area contributed by atoms with E-state index in [-0.39, 0.29) is 12.5 Å². The Kier molecular flexibility index (Phi) is 7.37. The molecule has 1 atom stereocenters. The van der Waals surface area contributed by atoms with Crippen LogP contribution in [0.1, 0.15) is 29.3 Å². The maximum atomic E-state index is 12.9. The summed E-state index contributed by atoms with van der Waals surface area (Å²) in [7, 11) is 0. The van der Waals surface area contributed by atoms with E-state index in [1.54, 1.807) is 36.1 Å². The fraction of sp³-hybridized carbons (Fsp3) is 0.360. The maximum absolute atomic E-state index is 12.9. The number of aryl methyl sites for hydroxylation is 1. The molecule has 2 fully saturated rings. The van der Waals surface area contributed by atoms with Gasteiger partial charge in [-0.25, -0.2) is 4.79 Å². The van der Waals surface area contributed by atoms with Crippen LogP contribution in [0.15, 0.2) is 54.6 Å². The number of hydrogen-bond acceptors (Lipinski definition) is 5. The smallest absolute Gasteiger partial charge is 0.336 e. The molecule has 35 heavy (non-hydrogen) atoms. The number of hydrogen-bond donors (Lipinski definition) is 2. The molecule has 2 aromatic carbocycles. The van der Waals surface area contributed by atoms with Crippen LogP contribution in [0.3, 0.4) is 0 Å². The fourth-order valence-corrected chi connectivity index (χ4v) is 4.49. The van der Waals surface area contributed by atoms with E-state index in [1.165, 1.54) is 0 Å². The van der Waals surface area contributed by atoms with Gasteiger partial charge in [-0.1, -0.05) is 54.1 Å². The van der Waals surface area contributed by atoms with Crippen LogP contribution in [-0.4, -0.2) is 76.8 Å². The summed E-state index contributed by atoms with van der Waals surface area (Å²) in [5.74, 6) is -1.09. The third-order valence-electron chi connectivity index (χ3n) is 6.39. The second kappa shape index (κ2) is 10.5. The van der Waals surface area contributed by atoms with Crippen molar-refractivity contribution in [2.24, 2.45) is 0 Å². The molecule has 0 aliphatic carbocycles. The average molecular weight is 498 g/mol. The van der Waals surface area contributed by atoms with Crippen molar-refractivity contribution in [1.29, 1.82) is 0 Å². The number of benzene rings is 2. The van der Waals surface area contributed by atoms with E-state index >= 15 is 0 Å². The van der Waals surface area contributed by atoms with E-state index in [9.17, 15) is 19.2 Å². The van der Waals surface area contributed by atoms with Crippen LogP contribution in [-0.2, 0) is 16.0 Å². The Morgan fingerprint density at radius 3 is 2.34 bits per heavy atom. The maximum Gasteiger partial charge on any atom is 0.344 e. The van der Waals surface area contributed by atoms with Crippen molar-refractivity contribution in [3.8, 4) is 0 Å². The Hall–Kier alpha value is -3.43. The number of hydrazine groups is 1. The Bertz CT molecular complexity index is 1120. The first-order chi connectivity index (χ1) is 16.8. The minimum atomic E-state index is -1.09. The minimum absolute atomic E-state index is 0.00587. The molecule has 2 heterocycles. The highest BCUT2D eigenvalue weighted by Gasteiger charge is 2.48. The molecule has 0 unspecified atom stereocenters. The van der Waals surface area contributed by atoms with Crippen LogP contribution in [0.5, 0.6) is 0 Å². The molecule has 2 saturated heterocycles. The molecule has 0 bridgehead atoms. The van der Waals surface area contributed by atoms with Crippen molar-refractivity contribution in [1.82, 2.24) is 25.6 Å². The molecule has 10 heteroatoms. The molecule has 2 aliphatic rings. The summed E-state index contributed by atoms with van der Waals surface area (Å²) in [6.45, 7) is 3.52. The van der Waals surface area contributed by atoms with Crippen LogP contribution >= 0.6 is 11.6 Å². The van der Waals surface area contributed by atoms with E-state index < -0.39 is 23.4 Å². The number of nitrogens with zero attached hydrogens (tertiary/aromatic N) is 3. The summed E-state index contributed by atoms with van der Waals surface area (Å²) in [4.78, 5) is 54.2. The first kappa shape index (κ1) is 24.7. The Labute approximate surface area is 209 Å². The lowest BCUT2D eigenvalue weighted by Crippen LogP contribution is -2.54. The van der Waals surface area contributed by atoms with Gasteiger partial charge in [-0.15, -0.1) is 0 Å². The molecular weight excluding hydrogens is 470 g/mol. The predicted octanol–water partition coefficient (Wildman–Crippen LogP) is 2.07. The van der Waals surface area contributed by atoms with Gasteiger partial charge in [0, 0.05) is 26.2 Å². The van der Waals surface area contributed by atoms with Crippen molar-refractivity contribution >= 4 is 35.4 Å². The zero-order valence-corrected chi connectivity index (χ0v) is 20.3. The lowest BCUT2D eigenvalue weighted by molar-refractivity contribution is -0.139. The van der Waals surface area contributed by atoms with Crippen LogP contribution in [0.2, 0.25) is 5.02 Å². The third-order valence-corrected chi connectivity index (χ3v) is 6.71. The molecule has 2 N–H and O–H groups in total. The molecule has 2 aromatic rings. The number of amides is 5. The summed E-state index contributed by atoms with van der Waals surface area (Å²) < 4.78 is 0. The van der Waals surface area contributed by atoms with Crippen molar-refractivity contribution in [3.05, 3.63) is 70.7 Å². The number of halogens is 1. The van der Waals surface area contributed by atoms with Gasteiger partial charge in [-0.2, -0.15) is 5.01 Å². The quantitative estimate of drug-likeness (QED) is 0.570. The molecule has 184 valence electrons. The third kappa shape index (κ3) is 5.63. The standard InChI is InChI=1S/C25H28ClN5O4/c1-25(12-11-18-7-3-2-4-8-18)23(34)31(24(35)27-25)28-21(32)17-29-13-15-30(16-14-29)22(33)19-9-5-6-10-20(19)26/h2-10H,11-17H2,1H3,(H,27,35)(H,28,32)/t25-/m0/s1. The number of carbonyl (C=O) groups is 4. The highest BCUT2D eigenvalue weighted by molar-refractivity contribution is 6.33. The average Bonchev–Trinajstić information content (AvgIpc) is 3.07. The Morgan fingerprint density at radius 2 is 1.66 bits per heavy atom. The van der Waals surface area contributed by atoms with Gasteiger partial charge in [0.15, 0.2) is 0 Å². The normalized spacial score (nSPS) is 20.6. The Balaban J connectivity index is 1.26. The van der Waals surface area contributed by atoms with E-state index in [2.05, 4.69) is 10.7 Å². The molecule has 0 saturated carbocycles. The number of carbonyl (C=O) groups excluding carboxylic acids is 4. The summed E-state index contributed by atoms with van der Waals surface area (Å²) in [5.41, 5.74) is 2.86. The monoisotopic (exact) mass is 497 g/mol. The highest BCUT2D eigenvalue weighted by Crippen LogP contribution is 2.22. The number of urea groups is 1. The van der Waals surface area contributed by atoms with Crippen LogP contribution in [0, 0.1) is 0 Å². The van der Waals surface area contributed by atoms with Gasteiger partial charge < -0.3 is 10.2 Å². The van der Waals surface area contributed by atoms with Gasteiger partial charge in [-0.3, -0.25) is 24.7 Å². The summed E-state index contributed by atoms with van der Waals surface area (Å²) in [6, 6.07) is 16.0. The molecule has 4 rings (SSSR count). The summed E-state index contributed by atoms with van der Waals surface area (Å²) >= 11 is 6.14. The zero-order chi connectivity index (χ0) is 25.0. The van der Waals surface area contributed by atoms with E-state index in [1.807, 2.05) is 35.2 Å². The largest absolute Gasteiger partial charge is 0.344 e. The van der Waals surface area contributed by atoms with Gasteiger partial charge in [0.1, 0.15) is 5.54 Å². The molecular formula is C25H28ClN5O4. The molecule has 2 aliphatic heterocycles. The molecule has 0 aromatic heterocycles. The molecule has 5 amide bonds. The SMILES string of the molecule is C[C@@]1(CCc2ccccc2)NC(=O)N(NC(=O)CN2CCN(C(=O)c3ccccc3Cl)CC2)C1=O. The lowest BCUT2D eigenvalue weighted by atomic mass is 9.93. The van der Waals surface area contributed by atoms with Crippen molar-refractivity contribution in [2.75, 3.05) is 32.7 Å². The van der Waals surface area contributed by atoms with E-state index in [0.717, 1.165) is 10.6 Å². The van der Waals surface area contributed by atoms with Gasteiger partial charge in [0.05, 0.1) is 17.1 Å². The van der Waals surface area contributed by atoms with Crippen molar-refractivity contribution in [2.45, 2.75) is 25.3 Å². The van der Waals surface area contributed by atoms with Crippen LogP contribution in [0.25, 0.3) is 0 Å². The molecule has 9 nitrogen and oxygen atoms in total. The van der Waals surface area contributed by atoms with Gasteiger partial charge in [0.25, 0.3) is 17.7 Å². The van der Waals surface area contributed by atoms with E-state index in [0.29, 0.717) is 49.6 Å². The number of piperazine rings is 1. The van der Waals surface area contributed by atoms with Crippen LogP contribution < -0.4 is 10.7 Å². The van der Waals surface area contributed by atoms with Gasteiger partial charge in [0.2, 0.25) is 0 Å². The first-order valence-electron chi connectivity index (χ1n) is 11.5. The second-order valence-electron chi connectivity index (χ2n) is 8.97. The number of nitrogens with one attached hydrogen (secondary N) is 2. The first-order valence-corrected chi connectivity index (χ1v) is 11.9. The van der Waals surface area contributed by atoms with E-state index in [4.69, 9.17) is 11.6 Å². The minimum Gasteiger partial charge on any atom is -0.336 e. The van der Waals surface area contributed by atoms with Gasteiger partial charge in [-0.05, 0) is 37.5 Å². The lowest BCUT2D eigenvalue weighted by Gasteiger charge is -2.34. The summed E-state index contributed by atoms with van der Waals surface area (Å²) in [5, 5.41) is 3.88. The van der Waals surface area contributed by atoms with Gasteiger partial charge >= 0.3 is 6.03 Å². The summed E-state index contributed by atoms with van der Waals surface area (Å²) in [6.07, 6.45) is 1.03. The van der Waals surface area contributed by atoms with Crippen LogP contribution in [0.4, 0.5) is 4.79 Å². The van der Waals surface area contributed by atoms with Crippen molar-refractivity contribution in [3.63, 3.8) is 0 Å². The fourth-order valence-electron chi connectivity index (χ4n) is 4.27. The topological polar surface area (TPSA) is 102 Å². The van der Waals surface area contributed by atoms with Crippen molar-refractivity contribution < 1.29 is 19.2 Å².